The standard InChI is InChI=1S/C10H16N2O2/c11-8(6-7-2-3-7)9(13)10(14)12-4-1-5-12/h7-8H,1-6,11H2. The molecule has 0 spiro atoms. The van der Waals surface area contributed by atoms with Gasteiger partial charge in [0.15, 0.2) is 0 Å². The van der Waals surface area contributed by atoms with E-state index in [-0.39, 0.29) is 5.91 Å². The minimum Gasteiger partial charge on any atom is -0.336 e. The smallest absolute Gasteiger partial charge is 0.291 e. The molecule has 1 saturated carbocycles. The Balaban J connectivity index is 1.82. The second-order valence-electron chi connectivity index (χ2n) is 4.30. The van der Waals surface area contributed by atoms with Crippen molar-refractivity contribution in [1.29, 1.82) is 0 Å². The van der Waals surface area contributed by atoms with Crippen LogP contribution in [0.25, 0.3) is 0 Å². The first-order valence-electron chi connectivity index (χ1n) is 5.27. The van der Waals surface area contributed by atoms with Crippen molar-refractivity contribution in [2.75, 3.05) is 13.1 Å². The van der Waals surface area contributed by atoms with E-state index in [1.54, 1.807) is 4.90 Å². The molecule has 2 fully saturated rings. The van der Waals surface area contributed by atoms with Crippen LogP contribution in [0.2, 0.25) is 0 Å². The van der Waals surface area contributed by atoms with Crippen molar-refractivity contribution < 1.29 is 9.59 Å². The molecule has 1 atom stereocenters. The minimum absolute atomic E-state index is 0.371. The van der Waals surface area contributed by atoms with Gasteiger partial charge in [-0.25, -0.2) is 0 Å². The molecule has 1 heterocycles. The number of nitrogens with two attached hydrogens (primary N) is 1. The van der Waals surface area contributed by atoms with E-state index < -0.39 is 11.8 Å². The van der Waals surface area contributed by atoms with E-state index in [9.17, 15) is 9.59 Å². The Kier molecular flexibility index (Phi) is 2.54. The molecule has 4 nitrogen and oxygen atoms in total. The van der Waals surface area contributed by atoms with E-state index in [1.807, 2.05) is 0 Å². The summed E-state index contributed by atoms with van der Waals surface area (Å²) in [5.41, 5.74) is 5.68. The van der Waals surface area contributed by atoms with Gasteiger partial charge in [-0.3, -0.25) is 9.59 Å². The maximum atomic E-state index is 11.5. The number of hydrogen-bond donors (Lipinski definition) is 1. The molecule has 14 heavy (non-hydrogen) atoms. The Bertz CT molecular complexity index is 257. The number of hydrogen-bond acceptors (Lipinski definition) is 3. The molecule has 0 bridgehead atoms. The molecule has 78 valence electrons. The highest BCUT2D eigenvalue weighted by molar-refractivity contribution is 6.38. The molecule has 2 aliphatic rings. The lowest BCUT2D eigenvalue weighted by molar-refractivity contribution is -0.147. The van der Waals surface area contributed by atoms with E-state index >= 15 is 0 Å². The Hall–Kier alpha value is -0.900. The van der Waals surface area contributed by atoms with Crippen molar-refractivity contribution >= 4 is 11.7 Å². The van der Waals surface area contributed by atoms with Gasteiger partial charge in [-0.2, -0.15) is 0 Å². The maximum Gasteiger partial charge on any atom is 0.291 e. The zero-order valence-electron chi connectivity index (χ0n) is 8.24. The number of amides is 1. The summed E-state index contributed by atoms with van der Waals surface area (Å²) in [6, 6.07) is -0.560. The molecule has 0 aromatic rings. The van der Waals surface area contributed by atoms with Gasteiger partial charge in [0.05, 0.1) is 6.04 Å². The average molecular weight is 196 g/mol. The highest BCUT2D eigenvalue weighted by Crippen LogP contribution is 2.33. The fraction of sp³-hybridized carbons (Fsp3) is 0.800. The Morgan fingerprint density at radius 3 is 2.43 bits per heavy atom. The maximum absolute atomic E-state index is 11.5. The number of carbonyl (C=O) groups is 2. The van der Waals surface area contributed by atoms with Crippen molar-refractivity contribution in [1.82, 2.24) is 4.90 Å². The van der Waals surface area contributed by atoms with Crippen molar-refractivity contribution in [2.45, 2.75) is 31.7 Å². The summed E-state index contributed by atoms with van der Waals surface area (Å²) in [7, 11) is 0. The molecule has 1 amide bonds. The average Bonchev–Trinajstić information content (AvgIpc) is 2.83. The summed E-state index contributed by atoms with van der Waals surface area (Å²) in [4.78, 5) is 24.6. The molecule has 0 radical (unpaired) electrons. The van der Waals surface area contributed by atoms with Crippen LogP contribution in [0.15, 0.2) is 0 Å². The summed E-state index contributed by atoms with van der Waals surface area (Å²) in [6.45, 7) is 1.45. The Morgan fingerprint density at radius 2 is 2.00 bits per heavy atom. The fourth-order valence-electron chi connectivity index (χ4n) is 1.65. The van der Waals surface area contributed by atoms with Gasteiger partial charge in [0, 0.05) is 13.1 Å². The van der Waals surface area contributed by atoms with Crippen LogP contribution in [-0.4, -0.2) is 35.7 Å². The monoisotopic (exact) mass is 196 g/mol. The number of likely N-dealkylation sites (tertiary alicyclic amines) is 1. The number of carbonyl (C=O) groups excluding carboxylic acids is 2. The lowest BCUT2D eigenvalue weighted by Crippen LogP contribution is -2.50. The predicted octanol–water partition coefficient (Wildman–Crippen LogP) is -0.0848. The first kappa shape index (κ1) is 9.65. The van der Waals surface area contributed by atoms with E-state index in [2.05, 4.69) is 0 Å². The van der Waals surface area contributed by atoms with Gasteiger partial charge in [-0.05, 0) is 18.8 Å². The Labute approximate surface area is 83.4 Å². The minimum atomic E-state index is -0.560. The van der Waals surface area contributed by atoms with E-state index in [0.717, 1.165) is 19.5 Å². The molecule has 0 aromatic heterocycles. The lowest BCUT2D eigenvalue weighted by Gasteiger charge is -2.30. The van der Waals surface area contributed by atoms with Crippen molar-refractivity contribution in [2.24, 2.45) is 11.7 Å². The highest BCUT2D eigenvalue weighted by atomic mass is 16.2. The van der Waals surface area contributed by atoms with Crippen LogP contribution in [0.3, 0.4) is 0 Å². The third-order valence-electron chi connectivity index (χ3n) is 2.98. The first-order valence-corrected chi connectivity index (χ1v) is 5.27. The fourth-order valence-corrected chi connectivity index (χ4v) is 1.65. The second kappa shape index (κ2) is 3.69. The van der Waals surface area contributed by atoms with Gasteiger partial charge in [0.25, 0.3) is 5.91 Å². The van der Waals surface area contributed by atoms with Crippen LogP contribution in [-0.2, 0) is 9.59 Å². The molecular formula is C10H16N2O2. The van der Waals surface area contributed by atoms with Crippen molar-refractivity contribution in [3.63, 3.8) is 0 Å². The quantitative estimate of drug-likeness (QED) is 0.639. The third kappa shape index (κ3) is 1.95. The van der Waals surface area contributed by atoms with Crippen LogP contribution in [0.4, 0.5) is 0 Å². The van der Waals surface area contributed by atoms with Crippen molar-refractivity contribution in [3.8, 4) is 0 Å². The van der Waals surface area contributed by atoms with Crippen molar-refractivity contribution in [3.05, 3.63) is 0 Å². The van der Waals surface area contributed by atoms with Gasteiger partial charge in [0.1, 0.15) is 0 Å². The van der Waals surface area contributed by atoms with Gasteiger partial charge < -0.3 is 10.6 Å². The number of Topliss-reactive ketones (excluding diaryl/α,β-unsaturated/α-hetero) is 1. The zero-order chi connectivity index (χ0) is 10.1. The Morgan fingerprint density at radius 1 is 1.36 bits per heavy atom. The van der Waals surface area contributed by atoms with Crippen LogP contribution >= 0.6 is 0 Å². The third-order valence-corrected chi connectivity index (χ3v) is 2.98. The van der Waals surface area contributed by atoms with Gasteiger partial charge in [0.2, 0.25) is 5.78 Å². The molecule has 1 unspecified atom stereocenters. The van der Waals surface area contributed by atoms with Crippen LogP contribution in [0.5, 0.6) is 0 Å². The molecule has 4 heteroatoms. The zero-order valence-corrected chi connectivity index (χ0v) is 8.24. The predicted molar refractivity (Wildman–Crippen MR) is 51.5 cm³/mol. The highest BCUT2D eigenvalue weighted by Gasteiger charge is 2.33. The van der Waals surface area contributed by atoms with E-state index in [4.69, 9.17) is 5.73 Å². The lowest BCUT2D eigenvalue weighted by atomic mass is 10.0. The van der Waals surface area contributed by atoms with Crippen LogP contribution < -0.4 is 5.73 Å². The topological polar surface area (TPSA) is 63.4 Å². The molecule has 1 aliphatic heterocycles. The molecule has 0 aromatic carbocycles. The number of nitrogens with zero attached hydrogens (tertiary/aromatic N) is 1. The molecule has 2 N–H and O–H groups in total. The van der Waals surface area contributed by atoms with Gasteiger partial charge >= 0.3 is 0 Å². The normalized spacial score (nSPS) is 22.8. The summed E-state index contributed by atoms with van der Waals surface area (Å²) >= 11 is 0. The summed E-state index contributed by atoms with van der Waals surface area (Å²) in [5.74, 6) is -0.167. The van der Waals surface area contributed by atoms with Gasteiger partial charge in [-0.15, -0.1) is 0 Å². The van der Waals surface area contributed by atoms with Crippen LogP contribution in [0, 0.1) is 5.92 Å². The van der Waals surface area contributed by atoms with E-state index in [1.165, 1.54) is 12.8 Å². The molecule has 1 aliphatic carbocycles. The van der Waals surface area contributed by atoms with E-state index in [0.29, 0.717) is 12.3 Å². The largest absolute Gasteiger partial charge is 0.336 e. The number of ketones is 1. The van der Waals surface area contributed by atoms with Gasteiger partial charge in [-0.1, -0.05) is 12.8 Å². The summed E-state index contributed by atoms with van der Waals surface area (Å²) < 4.78 is 0. The summed E-state index contributed by atoms with van der Waals surface area (Å²) in [5, 5.41) is 0. The van der Waals surface area contributed by atoms with Crippen LogP contribution in [0.1, 0.15) is 25.7 Å². The molecule has 1 saturated heterocycles. The summed E-state index contributed by atoms with van der Waals surface area (Å²) in [6.07, 6.45) is 4.03. The first-order chi connectivity index (χ1) is 6.68. The number of rotatable bonds is 4. The SMILES string of the molecule is NC(CC1CC1)C(=O)C(=O)N1CCC1. The molecular weight excluding hydrogens is 180 g/mol. The molecule has 2 rings (SSSR count). The second-order valence-corrected chi connectivity index (χ2v) is 4.30.